The number of hydrogen-bond acceptors (Lipinski definition) is 5. The first-order valence-corrected chi connectivity index (χ1v) is 8.14. The maximum absolute atomic E-state index is 12.5. The fraction of sp³-hybridized carbons (Fsp3) is 0.471. The molecule has 2 atom stereocenters. The molecule has 1 N–H and O–H groups in total. The number of fused-ring (bicyclic) bond motifs is 3. The summed E-state index contributed by atoms with van der Waals surface area (Å²) < 4.78 is 5.59. The van der Waals surface area contributed by atoms with E-state index < -0.39 is 0 Å². The smallest absolute Gasteiger partial charge is 0.307 e. The van der Waals surface area contributed by atoms with Crippen LogP contribution in [0.25, 0.3) is 11.5 Å². The van der Waals surface area contributed by atoms with Crippen molar-refractivity contribution in [3.05, 3.63) is 36.5 Å². The number of aromatic nitrogens is 2. The van der Waals surface area contributed by atoms with Crippen LogP contribution in [0.5, 0.6) is 0 Å². The predicted molar refractivity (Wildman–Crippen MR) is 84.7 cm³/mol. The molecule has 6 heteroatoms. The predicted octanol–water partition coefficient (Wildman–Crippen LogP) is 1.95. The molecule has 2 aromatic heterocycles. The molecule has 0 saturated carbocycles. The van der Waals surface area contributed by atoms with Crippen molar-refractivity contribution < 1.29 is 9.21 Å². The van der Waals surface area contributed by atoms with E-state index in [1.54, 1.807) is 12.4 Å². The molecule has 0 unspecified atom stereocenters. The van der Waals surface area contributed by atoms with Gasteiger partial charge < -0.3 is 9.73 Å². The highest BCUT2D eigenvalue weighted by Crippen LogP contribution is 2.32. The highest BCUT2D eigenvalue weighted by molar-refractivity contribution is 5.90. The van der Waals surface area contributed by atoms with E-state index in [-0.39, 0.29) is 17.8 Å². The largest absolute Gasteiger partial charge is 0.431 e. The Hall–Kier alpha value is -2.21. The van der Waals surface area contributed by atoms with Crippen molar-refractivity contribution in [2.75, 3.05) is 13.1 Å². The summed E-state index contributed by atoms with van der Waals surface area (Å²) in [6, 6.07) is 6.09. The van der Waals surface area contributed by atoms with Gasteiger partial charge in [0.05, 0.1) is 6.20 Å². The zero-order chi connectivity index (χ0) is 15.8. The van der Waals surface area contributed by atoms with Crippen molar-refractivity contribution >= 4 is 5.91 Å². The molecule has 2 bridgehead atoms. The first kappa shape index (κ1) is 14.4. The van der Waals surface area contributed by atoms with Crippen LogP contribution in [-0.2, 0) is 0 Å². The number of nitrogens with one attached hydrogen (secondary N) is 1. The minimum atomic E-state index is -0.238. The van der Waals surface area contributed by atoms with E-state index in [0.29, 0.717) is 23.4 Å². The van der Waals surface area contributed by atoms with Gasteiger partial charge >= 0.3 is 5.91 Å². The highest BCUT2D eigenvalue weighted by Gasteiger charge is 2.40. The Bertz CT molecular complexity index is 690. The molecule has 3 aliphatic heterocycles. The van der Waals surface area contributed by atoms with Gasteiger partial charge in [-0.05, 0) is 50.9 Å². The first-order chi connectivity index (χ1) is 11.2. The maximum atomic E-state index is 12.5. The number of rotatable bonds is 3. The van der Waals surface area contributed by atoms with Crippen molar-refractivity contribution in [2.45, 2.75) is 31.8 Å². The van der Waals surface area contributed by atoms with Gasteiger partial charge in [0.2, 0.25) is 0 Å². The Kier molecular flexibility index (Phi) is 3.61. The Labute approximate surface area is 134 Å². The van der Waals surface area contributed by atoms with Crippen LogP contribution in [0.2, 0.25) is 0 Å². The molecule has 0 radical (unpaired) electrons. The van der Waals surface area contributed by atoms with Gasteiger partial charge in [-0.2, -0.15) is 0 Å². The number of pyridine rings is 1. The summed E-state index contributed by atoms with van der Waals surface area (Å²) >= 11 is 0. The lowest BCUT2D eigenvalue weighted by atomic mass is 9.79. The SMILES string of the molecule is C[C@H]1[C@H](NC(=O)c2ncc(-c3ccccn3)o2)C2CCN1CC2. The van der Waals surface area contributed by atoms with Crippen LogP contribution in [0.4, 0.5) is 0 Å². The highest BCUT2D eigenvalue weighted by atomic mass is 16.4. The Balaban J connectivity index is 1.49. The Morgan fingerprint density at radius 2 is 2.13 bits per heavy atom. The minimum absolute atomic E-state index is 0.106. The molecule has 3 saturated heterocycles. The van der Waals surface area contributed by atoms with Gasteiger partial charge in [-0.1, -0.05) is 6.07 Å². The van der Waals surface area contributed by atoms with E-state index in [1.807, 2.05) is 18.2 Å². The summed E-state index contributed by atoms with van der Waals surface area (Å²) in [5.41, 5.74) is 0.676. The van der Waals surface area contributed by atoms with Gasteiger partial charge in [0, 0.05) is 18.3 Å². The van der Waals surface area contributed by atoms with Gasteiger partial charge in [-0.15, -0.1) is 0 Å². The second-order valence-corrected chi connectivity index (χ2v) is 6.36. The standard InChI is InChI=1S/C17H20N4O2/c1-11-15(12-5-8-21(11)9-6-12)20-16(22)17-19-10-14(23-17)13-4-2-3-7-18-13/h2-4,7,10-12,15H,5-6,8-9H2,1H3,(H,20,22)/t11-,15-/m0/s1. The second-order valence-electron chi connectivity index (χ2n) is 6.36. The molecule has 2 aromatic rings. The van der Waals surface area contributed by atoms with Crippen molar-refractivity contribution in [1.29, 1.82) is 0 Å². The Morgan fingerprint density at radius 1 is 1.30 bits per heavy atom. The van der Waals surface area contributed by atoms with E-state index in [0.717, 1.165) is 25.9 Å². The third-order valence-corrected chi connectivity index (χ3v) is 5.09. The van der Waals surface area contributed by atoms with E-state index in [4.69, 9.17) is 4.42 Å². The minimum Gasteiger partial charge on any atom is -0.431 e. The van der Waals surface area contributed by atoms with Crippen molar-refractivity contribution in [3.8, 4) is 11.5 Å². The third kappa shape index (κ3) is 2.63. The number of carbonyl (C=O) groups excluding carboxylic acids is 1. The average molecular weight is 312 g/mol. The molecular weight excluding hydrogens is 292 g/mol. The Morgan fingerprint density at radius 3 is 2.83 bits per heavy atom. The zero-order valence-electron chi connectivity index (χ0n) is 13.1. The normalized spacial score (nSPS) is 29.4. The summed E-state index contributed by atoms with van der Waals surface area (Å²) in [5, 5.41) is 3.12. The van der Waals surface area contributed by atoms with Crippen molar-refractivity contribution in [2.24, 2.45) is 5.92 Å². The van der Waals surface area contributed by atoms with Crippen molar-refractivity contribution in [3.63, 3.8) is 0 Å². The summed E-state index contributed by atoms with van der Waals surface area (Å²) in [7, 11) is 0. The number of hydrogen-bond donors (Lipinski definition) is 1. The van der Waals surface area contributed by atoms with E-state index in [2.05, 4.69) is 27.1 Å². The van der Waals surface area contributed by atoms with Crippen LogP contribution in [0.15, 0.2) is 35.0 Å². The molecule has 23 heavy (non-hydrogen) atoms. The summed E-state index contributed by atoms with van der Waals surface area (Å²) in [4.78, 5) is 23.2. The van der Waals surface area contributed by atoms with Crippen LogP contribution in [-0.4, -0.2) is 45.9 Å². The molecule has 6 nitrogen and oxygen atoms in total. The van der Waals surface area contributed by atoms with Crippen molar-refractivity contribution in [1.82, 2.24) is 20.2 Å². The zero-order valence-corrected chi connectivity index (χ0v) is 13.1. The quantitative estimate of drug-likeness (QED) is 0.938. The van der Waals surface area contributed by atoms with E-state index in [1.165, 1.54) is 0 Å². The molecule has 0 spiro atoms. The van der Waals surface area contributed by atoms with Crippen LogP contribution < -0.4 is 5.32 Å². The fourth-order valence-electron chi connectivity index (χ4n) is 3.76. The fourth-order valence-corrected chi connectivity index (χ4v) is 3.76. The monoisotopic (exact) mass is 312 g/mol. The number of nitrogens with zero attached hydrogens (tertiary/aromatic N) is 3. The van der Waals surface area contributed by atoms with Gasteiger partial charge in [0.25, 0.3) is 5.89 Å². The van der Waals surface area contributed by atoms with Gasteiger partial charge in [0.15, 0.2) is 5.76 Å². The number of oxazole rings is 1. The van der Waals surface area contributed by atoms with E-state index in [9.17, 15) is 4.79 Å². The van der Waals surface area contributed by atoms with Crippen LogP contribution >= 0.6 is 0 Å². The molecule has 5 heterocycles. The molecular formula is C17H20N4O2. The summed E-state index contributed by atoms with van der Waals surface area (Å²) in [6.45, 7) is 4.47. The molecule has 1 amide bonds. The number of carbonyl (C=O) groups is 1. The molecule has 5 rings (SSSR count). The lowest BCUT2D eigenvalue weighted by molar-refractivity contribution is 0.0210. The molecule has 0 aliphatic carbocycles. The molecule has 3 fully saturated rings. The second kappa shape index (κ2) is 5.77. The van der Waals surface area contributed by atoms with E-state index >= 15 is 0 Å². The van der Waals surface area contributed by atoms with Gasteiger partial charge in [-0.25, -0.2) is 4.98 Å². The average Bonchev–Trinajstić information content (AvgIpc) is 3.09. The number of amides is 1. The lowest BCUT2D eigenvalue weighted by Gasteiger charge is -2.49. The first-order valence-electron chi connectivity index (χ1n) is 8.14. The van der Waals surface area contributed by atoms with Crippen LogP contribution in [0, 0.1) is 5.92 Å². The number of piperidine rings is 3. The summed E-state index contributed by atoms with van der Waals surface area (Å²) in [5.74, 6) is 0.939. The third-order valence-electron chi connectivity index (χ3n) is 5.09. The van der Waals surface area contributed by atoms with Crippen LogP contribution in [0.1, 0.15) is 30.5 Å². The summed E-state index contributed by atoms with van der Waals surface area (Å²) in [6.07, 6.45) is 5.55. The molecule has 3 aliphatic rings. The van der Waals surface area contributed by atoms with Gasteiger partial charge in [0.1, 0.15) is 5.69 Å². The molecule has 0 aromatic carbocycles. The van der Waals surface area contributed by atoms with Gasteiger partial charge in [-0.3, -0.25) is 14.7 Å². The van der Waals surface area contributed by atoms with Crippen LogP contribution in [0.3, 0.4) is 0 Å². The maximum Gasteiger partial charge on any atom is 0.307 e. The lowest BCUT2D eigenvalue weighted by Crippen LogP contribution is -2.62. The topological polar surface area (TPSA) is 71.3 Å². The molecule has 120 valence electrons.